The van der Waals surface area contributed by atoms with Crippen LogP contribution in [0.2, 0.25) is 0 Å². The van der Waals surface area contributed by atoms with Crippen LogP contribution in [0.1, 0.15) is 11.1 Å². The third kappa shape index (κ3) is 4.31. The van der Waals surface area contributed by atoms with Gasteiger partial charge in [0, 0.05) is 39.8 Å². The summed E-state index contributed by atoms with van der Waals surface area (Å²) in [7, 11) is 1.61. The number of rotatable bonds is 6. The van der Waals surface area contributed by atoms with Gasteiger partial charge in [0.25, 0.3) is 0 Å². The standard InChI is InChI=1S/C20H19BrN2O2/c1-25-19-8-7-16(21)12-14(19)6-9-20(24)22-11-10-15-13-23-18-5-3-2-4-17(15)18/h2-9,12-13,23H,10-11H2,1H3,(H,22,24)/b9-6+. The van der Waals surface area contributed by atoms with Crippen molar-refractivity contribution < 1.29 is 9.53 Å². The van der Waals surface area contributed by atoms with Crippen molar-refractivity contribution in [3.63, 3.8) is 0 Å². The molecule has 1 heterocycles. The highest BCUT2D eigenvalue weighted by Crippen LogP contribution is 2.24. The molecule has 3 aromatic rings. The molecule has 2 aromatic carbocycles. The normalized spacial score (nSPS) is 11.1. The molecule has 1 aromatic heterocycles. The van der Waals surface area contributed by atoms with E-state index in [0.717, 1.165) is 27.7 Å². The van der Waals surface area contributed by atoms with E-state index in [0.29, 0.717) is 6.54 Å². The summed E-state index contributed by atoms with van der Waals surface area (Å²) in [6.45, 7) is 0.584. The summed E-state index contributed by atoms with van der Waals surface area (Å²) >= 11 is 3.42. The number of amides is 1. The van der Waals surface area contributed by atoms with Gasteiger partial charge in [0.1, 0.15) is 5.75 Å². The summed E-state index contributed by atoms with van der Waals surface area (Å²) in [5.41, 5.74) is 3.17. The molecule has 2 N–H and O–H groups in total. The van der Waals surface area contributed by atoms with Gasteiger partial charge in [-0.3, -0.25) is 4.79 Å². The molecule has 0 aliphatic carbocycles. The number of aromatic amines is 1. The third-order valence-corrected chi connectivity index (χ3v) is 4.47. The van der Waals surface area contributed by atoms with Crippen LogP contribution in [0.15, 0.2) is 59.2 Å². The SMILES string of the molecule is COc1ccc(Br)cc1/C=C/C(=O)NCCc1c[nH]c2ccccc12. The lowest BCUT2D eigenvalue weighted by Crippen LogP contribution is -2.23. The first-order chi connectivity index (χ1) is 12.2. The molecule has 0 radical (unpaired) electrons. The van der Waals surface area contributed by atoms with Gasteiger partial charge in [-0.25, -0.2) is 0 Å². The minimum Gasteiger partial charge on any atom is -0.496 e. The molecule has 1 amide bonds. The van der Waals surface area contributed by atoms with E-state index in [2.05, 4.69) is 32.3 Å². The molecule has 0 unspecified atom stereocenters. The van der Waals surface area contributed by atoms with Crippen molar-refractivity contribution in [1.29, 1.82) is 0 Å². The average Bonchev–Trinajstić information content (AvgIpc) is 3.03. The maximum absolute atomic E-state index is 12.0. The van der Waals surface area contributed by atoms with E-state index in [1.807, 2.05) is 42.6 Å². The predicted molar refractivity (Wildman–Crippen MR) is 105 cm³/mol. The van der Waals surface area contributed by atoms with Crippen LogP contribution < -0.4 is 10.1 Å². The summed E-state index contributed by atoms with van der Waals surface area (Å²) in [5.74, 6) is 0.605. The quantitative estimate of drug-likeness (QED) is 0.607. The second kappa shape index (κ2) is 8.03. The molecule has 4 nitrogen and oxygen atoms in total. The number of para-hydroxylation sites is 1. The lowest BCUT2D eigenvalue weighted by Gasteiger charge is -2.05. The van der Waals surface area contributed by atoms with Gasteiger partial charge in [-0.1, -0.05) is 34.1 Å². The Bertz CT molecular complexity index is 915. The first kappa shape index (κ1) is 17.3. The smallest absolute Gasteiger partial charge is 0.244 e. The van der Waals surface area contributed by atoms with E-state index < -0.39 is 0 Å². The Kier molecular flexibility index (Phi) is 5.56. The van der Waals surface area contributed by atoms with E-state index >= 15 is 0 Å². The molecule has 3 rings (SSSR count). The van der Waals surface area contributed by atoms with Crippen molar-refractivity contribution in [1.82, 2.24) is 10.3 Å². The molecule has 0 atom stereocenters. The van der Waals surface area contributed by atoms with Crippen LogP contribution in [-0.2, 0) is 11.2 Å². The summed E-state index contributed by atoms with van der Waals surface area (Å²) < 4.78 is 6.23. The number of nitrogens with one attached hydrogen (secondary N) is 2. The Labute approximate surface area is 155 Å². The molecule has 25 heavy (non-hydrogen) atoms. The average molecular weight is 399 g/mol. The number of hydrogen-bond acceptors (Lipinski definition) is 2. The second-order valence-electron chi connectivity index (χ2n) is 5.62. The van der Waals surface area contributed by atoms with Crippen molar-refractivity contribution in [2.24, 2.45) is 0 Å². The van der Waals surface area contributed by atoms with Crippen LogP contribution in [-0.4, -0.2) is 24.5 Å². The zero-order chi connectivity index (χ0) is 17.6. The lowest BCUT2D eigenvalue weighted by molar-refractivity contribution is -0.116. The fourth-order valence-electron chi connectivity index (χ4n) is 2.72. The number of benzene rings is 2. The Morgan fingerprint density at radius 2 is 2.12 bits per heavy atom. The summed E-state index contributed by atoms with van der Waals surface area (Å²) in [6.07, 6.45) is 6.06. The number of ether oxygens (including phenoxy) is 1. The van der Waals surface area contributed by atoms with Gasteiger partial charge in [0.15, 0.2) is 0 Å². The zero-order valence-corrected chi connectivity index (χ0v) is 15.5. The molecular weight excluding hydrogens is 380 g/mol. The van der Waals surface area contributed by atoms with E-state index in [4.69, 9.17) is 4.74 Å². The first-order valence-corrected chi connectivity index (χ1v) is 8.81. The fraction of sp³-hybridized carbons (Fsp3) is 0.150. The first-order valence-electron chi connectivity index (χ1n) is 8.02. The van der Waals surface area contributed by atoms with E-state index in [-0.39, 0.29) is 5.91 Å². The largest absolute Gasteiger partial charge is 0.496 e. The van der Waals surface area contributed by atoms with E-state index in [9.17, 15) is 4.79 Å². The van der Waals surface area contributed by atoms with Gasteiger partial charge in [-0.05, 0) is 42.3 Å². The molecule has 0 bridgehead atoms. The highest BCUT2D eigenvalue weighted by atomic mass is 79.9. The van der Waals surface area contributed by atoms with Gasteiger partial charge >= 0.3 is 0 Å². The molecule has 0 aliphatic heterocycles. The van der Waals surface area contributed by atoms with E-state index in [1.54, 1.807) is 13.2 Å². The summed E-state index contributed by atoms with van der Waals surface area (Å²) in [4.78, 5) is 15.3. The number of aromatic nitrogens is 1. The van der Waals surface area contributed by atoms with Gasteiger partial charge in [-0.2, -0.15) is 0 Å². The molecule has 128 valence electrons. The van der Waals surface area contributed by atoms with Crippen molar-refractivity contribution in [3.8, 4) is 5.75 Å². The Hall–Kier alpha value is -2.53. The summed E-state index contributed by atoms with van der Waals surface area (Å²) in [6, 6.07) is 13.8. The topological polar surface area (TPSA) is 54.1 Å². The zero-order valence-electron chi connectivity index (χ0n) is 13.9. The van der Waals surface area contributed by atoms with Crippen LogP contribution >= 0.6 is 15.9 Å². The summed E-state index contributed by atoms with van der Waals surface area (Å²) in [5, 5.41) is 4.12. The highest BCUT2D eigenvalue weighted by Gasteiger charge is 2.04. The number of halogens is 1. The minimum absolute atomic E-state index is 0.123. The van der Waals surface area contributed by atoms with Crippen LogP contribution in [0, 0.1) is 0 Å². The minimum atomic E-state index is -0.123. The number of methoxy groups -OCH3 is 1. The van der Waals surface area contributed by atoms with Gasteiger partial charge < -0.3 is 15.0 Å². The number of H-pyrrole nitrogens is 1. The molecule has 0 aliphatic rings. The third-order valence-electron chi connectivity index (χ3n) is 3.97. The van der Waals surface area contributed by atoms with Gasteiger partial charge in [0.2, 0.25) is 5.91 Å². The number of carbonyl (C=O) groups is 1. The predicted octanol–water partition coefficient (Wildman–Crippen LogP) is 4.31. The van der Waals surface area contributed by atoms with Gasteiger partial charge in [-0.15, -0.1) is 0 Å². The molecule has 0 saturated heterocycles. The maximum atomic E-state index is 12.0. The molecular formula is C20H19BrN2O2. The maximum Gasteiger partial charge on any atom is 0.244 e. The van der Waals surface area contributed by atoms with Crippen molar-refractivity contribution in [2.45, 2.75) is 6.42 Å². The van der Waals surface area contributed by atoms with Crippen LogP contribution in [0.4, 0.5) is 0 Å². The Morgan fingerprint density at radius 1 is 1.28 bits per heavy atom. The monoisotopic (exact) mass is 398 g/mol. The lowest BCUT2D eigenvalue weighted by atomic mass is 10.1. The van der Waals surface area contributed by atoms with Crippen molar-refractivity contribution in [2.75, 3.05) is 13.7 Å². The Balaban J connectivity index is 1.57. The molecule has 0 fully saturated rings. The fourth-order valence-corrected chi connectivity index (χ4v) is 3.10. The Morgan fingerprint density at radius 3 is 2.96 bits per heavy atom. The van der Waals surface area contributed by atoms with Gasteiger partial charge in [0.05, 0.1) is 7.11 Å². The van der Waals surface area contributed by atoms with Crippen LogP contribution in [0.5, 0.6) is 5.75 Å². The van der Waals surface area contributed by atoms with Crippen molar-refractivity contribution in [3.05, 3.63) is 70.3 Å². The number of carbonyl (C=O) groups excluding carboxylic acids is 1. The highest BCUT2D eigenvalue weighted by molar-refractivity contribution is 9.10. The number of fused-ring (bicyclic) bond motifs is 1. The molecule has 0 spiro atoms. The molecule has 0 saturated carbocycles. The van der Waals surface area contributed by atoms with Crippen molar-refractivity contribution >= 4 is 38.8 Å². The van der Waals surface area contributed by atoms with E-state index in [1.165, 1.54) is 17.0 Å². The molecule has 5 heteroatoms. The number of hydrogen-bond donors (Lipinski definition) is 2. The van der Waals surface area contributed by atoms with Crippen LogP contribution in [0.25, 0.3) is 17.0 Å². The second-order valence-corrected chi connectivity index (χ2v) is 6.54. The van der Waals surface area contributed by atoms with Crippen LogP contribution in [0.3, 0.4) is 0 Å².